The van der Waals surface area contributed by atoms with Crippen molar-refractivity contribution in [3.8, 4) is 5.69 Å². The molecule has 1 aliphatic carbocycles. The molecule has 0 radical (unpaired) electrons. The first-order valence-corrected chi connectivity index (χ1v) is 10.7. The molecule has 0 unspecified atom stereocenters. The van der Waals surface area contributed by atoms with Crippen molar-refractivity contribution in [3.05, 3.63) is 65.1 Å². The van der Waals surface area contributed by atoms with Crippen molar-refractivity contribution in [1.82, 2.24) is 14.3 Å². The van der Waals surface area contributed by atoms with Gasteiger partial charge in [-0.25, -0.2) is 18.1 Å². The number of hydrogen-bond donors (Lipinski definition) is 1. The zero-order valence-corrected chi connectivity index (χ0v) is 15.3. The van der Waals surface area contributed by atoms with Gasteiger partial charge in [0.05, 0.1) is 12.2 Å². The fourth-order valence-electron chi connectivity index (χ4n) is 3.24. The molecule has 7 heteroatoms. The summed E-state index contributed by atoms with van der Waals surface area (Å²) in [7, 11) is -3.50. The Morgan fingerprint density at radius 2 is 1.88 bits per heavy atom. The summed E-state index contributed by atoms with van der Waals surface area (Å²) in [5.41, 5.74) is 3.34. The van der Waals surface area contributed by atoms with E-state index in [0.717, 1.165) is 42.9 Å². The van der Waals surface area contributed by atoms with E-state index in [4.69, 9.17) is 4.98 Å². The van der Waals surface area contributed by atoms with Crippen LogP contribution in [0.3, 0.4) is 0 Å². The van der Waals surface area contributed by atoms with Crippen molar-refractivity contribution >= 4 is 21.4 Å². The van der Waals surface area contributed by atoms with Crippen molar-refractivity contribution in [2.24, 2.45) is 0 Å². The van der Waals surface area contributed by atoms with E-state index in [2.05, 4.69) is 9.29 Å². The van der Waals surface area contributed by atoms with Crippen LogP contribution in [0.1, 0.15) is 30.1 Å². The van der Waals surface area contributed by atoms with Crippen LogP contribution in [0.2, 0.25) is 0 Å². The molecule has 1 N–H and O–H groups in total. The summed E-state index contributed by atoms with van der Waals surface area (Å²) in [5.74, 6) is 0.748. The first-order chi connectivity index (χ1) is 12.1. The predicted octanol–water partition coefficient (Wildman–Crippen LogP) is 3.29. The van der Waals surface area contributed by atoms with Gasteiger partial charge in [0.25, 0.3) is 0 Å². The fraction of sp³-hybridized carbons (Fsp3) is 0.278. The van der Waals surface area contributed by atoms with E-state index < -0.39 is 10.0 Å². The number of thiophene rings is 1. The van der Waals surface area contributed by atoms with Crippen LogP contribution in [0.5, 0.6) is 0 Å². The lowest BCUT2D eigenvalue weighted by Gasteiger charge is -2.15. The maximum absolute atomic E-state index is 12.4. The SMILES string of the molecule is O=S(=O)(NCc1nc2c(n1-c1ccccc1)CCCC2)c1cccs1. The van der Waals surface area contributed by atoms with E-state index in [0.29, 0.717) is 4.21 Å². The largest absolute Gasteiger partial charge is 0.299 e. The van der Waals surface area contributed by atoms with Gasteiger partial charge in [0, 0.05) is 11.4 Å². The fourth-order valence-corrected chi connectivity index (χ4v) is 5.26. The number of rotatable bonds is 5. The second-order valence-electron chi connectivity index (χ2n) is 6.06. The molecule has 2 aromatic heterocycles. The van der Waals surface area contributed by atoms with Gasteiger partial charge in [0.15, 0.2) is 0 Å². The number of sulfonamides is 1. The van der Waals surface area contributed by atoms with Gasteiger partial charge in [0.1, 0.15) is 10.0 Å². The summed E-state index contributed by atoms with van der Waals surface area (Å²) in [5, 5.41) is 1.76. The zero-order chi connectivity index (χ0) is 17.3. The Kier molecular flexibility index (Phi) is 4.45. The zero-order valence-electron chi connectivity index (χ0n) is 13.7. The van der Waals surface area contributed by atoms with E-state index >= 15 is 0 Å². The first-order valence-electron chi connectivity index (χ1n) is 8.33. The molecule has 4 rings (SSSR count). The standard InChI is InChI=1S/C18H19N3O2S2/c22-25(23,18-11-6-12-24-18)19-13-17-20-15-9-4-5-10-16(15)21(17)14-7-2-1-3-8-14/h1-3,6-8,11-12,19H,4-5,9-10,13H2. The van der Waals surface area contributed by atoms with Gasteiger partial charge in [-0.15, -0.1) is 11.3 Å². The lowest BCUT2D eigenvalue weighted by atomic mass is 10.0. The van der Waals surface area contributed by atoms with Gasteiger partial charge in [0.2, 0.25) is 10.0 Å². The molecule has 0 saturated heterocycles. The molecular weight excluding hydrogens is 354 g/mol. The second kappa shape index (κ2) is 6.74. The molecule has 0 spiro atoms. The molecule has 2 heterocycles. The second-order valence-corrected chi connectivity index (χ2v) is 9.00. The molecule has 0 fully saturated rings. The number of aromatic nitrogens is 2. The number of imidazole rings is 1. The predicted molar refractivity (Wildman–Crippen MR) is 98.6 cm³/mol. The van der Waals surface area contributed by atoms with Crippen LogP contribution in [0.4, 0.5) is 0 Å². The van der Waals surface area contributed by atoms with Crippen LogP contribution in [-0.4, -0.2) is 18.0 Å². The molecule has 25 heavy (non-hydrogen) atoms. The molecule has 0 atom stereocenters. The van der Waals surface area contributed by atoms with Gasteiger partial charge in [-0.2, -0.15) is 0 Å². The third kappa shape index (κ3) is 3.27. The maximum atomic E-state index is 12.4. The van der Waals surface area contributed by atoms with Crippen molar-refractivity contribution in [1.29, 1.82) is 0 Å². The van der Waals surface area contributed by atoms with Crippen molar-refractivity contribution in [3.63, 3.8) is 0 Å². The number of nitrogens with one attached hydrogen (secondary N) is 1. The number of benzene rings is 1. The Morgan fingerprint density at radius 3 is 2.64 bits per heavy atom. The lowest BCUT2D eigenvalue weighted by Crippen LogP contribution is -2.24. The van der Waals surface area contributed by atoms with E-state index in [1.807, 2.05) is 30.3 Å². The molecule has 0 bridgehead atoms. The monoisotopic (exact) mass is 373 g/mol. The molecule has 130 valence electrons. The summed E-state index contributed by atoms with van der Waals surface area (Å²) in [4.78, 5) is 4.75. The molecule has 0 saturated carbocycles. The van der Waals surface area contributed by atoms with Gasteiger partial charge < -0.3 is 0 Å². The molecule has 0 aliphatic heterocycles. The van der Waals surface area contributed by atoms with Crippen LogP contribution in [-0.2, 0) is 29.4 Å². The van der Waals surface area contributed by atoms with Gasteiger partial charge in [-0.3, -0.25) is 4.57 Å². The van der Waals surface area contributed by atoms with Crippen LogP contribution in [0.15, 0.2) is 52.1 Å². The summed E-state index contributed by atoms with van der Waals surface area (Å²) in [6.45, 7) is 0.183. The third-order valence-electron chi connectivity index (χ3n) is 4.40. The van der Waals surface area contributed by atoms with Crippen LogP contribution < -0.4 is 4.72 Å². The highest BCUT2D eigenvalue weighted by molar-refractivity contribution is 7.91. The molecular formula is C18H19N3O2S2. The highest BCUT2D eigenvalue weighted by Gasteiger charge is 2.22. The normalized spacial score (nSPS) is 14.4. The summed E-state index contributed by atoms with van der Waals surface area (Å²) in [6, 6.07) is 13.4. The highest BCUT2D eigenvalue weighted by Crippen LogP contribution is 2.26. The first kappa shape index (κ1) is 16.5. The number of fused-ring (bicyclic) bond motifs is 1. The summed E-state index contributed by atoms with van der Waals surface area (Å²) < 4.78 is 30.0. The van der Waals surface area contributed by atoms with E-state index in [1.54, 1.807) is 17.5 Å². The Balaban J connectivity index is 1.69. The van der Waals surface area contributed by atoms with Crippen molar-refractivity contribution < 1.29 is 8.42 Å². The lowest BCUT2D eigenvalue weighted by molar-refractivity contribution is 0.580. The Bertz CT molecular complexity index is 961. The Labute approximate surface area is 151 Å². The van der Waals surface area contributed by atoms with Crippen molar-refractivity contribution in [2.45, 2.75) is 36.4 Å². The molecule has 1 aromatic carbocycles. The number of nitrogens with zero attached hydrogens (tertiary/aromatic N) is 2. The number of aryl methyl sites for hydroxylation is 1. The summed E-state index contributed by atoms with van der Waals surface area (Å²) >= 11 is 1.22. The number of para-hydroxylation sites is 1. The molecule has 1 aliphatic rings. The van der Waals surface area contributed by atoms with Gasteiger partial charge >= 0.3 is 0 Å². The van der Waals surface area contributed by atoms with E-state index in [-0.39, 0.29) is 6.54 Å². The Morgan fingerprint density at radius 1 is 1.08 bits per heavy atom. The third-order valence-corrected chi connectivity index (χ3v) is 7.20. The average molecular weight is 374 g/mol. The minimum atomic E-state index is -3.50. The van der Waals surface area contributed by atoms with Gasteiger partial charge in [-0.05, 0) is 49.3 Å². The highest BCUT2D eigenvalue weighted by atomic mass is 32.2. The molecule has 0 amide bonds. The maximum Gasteiger partial charge on any atom is 0.250 e. The van der Waals surface area contributed by atoms with E-state index in [1.165, 1.54) is 17.0 Å². The van der Waals surface area contributed by atoms with E-state index in [9.17, 15) is 8.42 Å². The molecule has 3 aromatic rings. The smallest absolute Gasteiger partial charge is 0.250 e. The minimum Gasteiger partial charge on any atom is -0.299 e. The summed E-state index contributed by atoms with van der Waals surface area (Å²) in [6.07, 6.45) is 4.22. The van der Waals surface area contributed by atoms with Crippen LogP contribution >= 0.6 is 11.3 Å². The Hall–Kier alpha value is -1.96. The number of hydrogen-bond acceptors (Lipinski definition) is 4. The minimum absolute atomic E-state index is 0.183. The topological polar surface area (TPSA) is 64.0 Å². The molecule has 5 nitrogen and oxygen atoms in total. The quantitative estimate of drug-likeness (QED) is 0.746. The van der Waals surface area contributed by atoms with Gasteiger partial charge in [-0.1, -0.05) is 24.3 Å². The van der Waals surface area contributed by atoms with Crippen molar-refractivity contribution in [2.75, 3.05) is 0 Å². The van der Waals surface area contributed by atoms with Crippen LogP contribution in [0.25, 0.3) is 5.69 Å². The van der Waals surface area contributed by atoms with Crippen LogP contribution in [0, 0.1) is 0 Å². The average Bonchev–Trinajstić information content (AvgIpc) is 3.29.